The van der Waals surface area contributed by atoms with Crippen LogP contribution in [0.1, 0.15) is 0 Å². The first-order valence-corrected chi connectivity index (χ1v) is 5.85. The second-order valence-corrected chi connectivity index (χ2v) is 4.62. The highest BCUT2D eigenvalue weighted by Gasteiger charge is 2.10. The Morgan fingerprint density at radius 3 is 2.46 bits per heavy atom. The first kappa shape index (κ1) is 12.7. The molecule has 76 valence electrons. The first-order valence-electron chi connectivity index (χ1n) is 2.97. The fourth-order valence-electron chi connectivity index (χ4n) is 0.463. The maximum Gasteiger partial charge on any atom is 0.329 e. The van der Waals surface area contributed by atoms with Crippen molar-refractivity contribution in [3.05, 3.63) is 23.4 Å². The van der Waals surface area contributed by atoms with Gasteiger partial charge in [-0.1, -0.05) is 6.08 Å². The minimum absolute atomic E-state index is 0.0265. The van der Waals surface area contributed by atoms with Crippen molar-refractivity contribution in [2.45, 2.75) is 0 Å². The van der Waals surface area contributed by atoms with Crippen molar-refractivity contribution in [2.75, 3.05) is 6.16 Å². The summed E-state index contributed by atoms with van der Waals surface area (Å²) >= 11 is -2.70. The van der Waals surface area contributed by atoms with E-state index >= 15 is 0 Å². The molecule has 0 saturated carbocycles. The molecule has 0 saturated heterocycles. The molecule has 5 nitrogen and oxygen atoms in total. The van der Waals surface area contributed by atoms with Crippen molar-refractivity contribution in [1.82, 2.24) is 0 Å². The van der Waals surface area contributed by atoms with Crippen LogP contribution >= 0.6 is 7.60 Å². The molecular formula is C5H7FO5PS-. The molecular weight excluding hydrogens is 222 g/mol. The predicted molar refractivity (Wildman–Crippen MR) is 44.2 cm³/mol. The van der Waals surface area contributed by atoms with Gasteiger partial charge in [0.05, 0.1) is 12.5 Å². The van der Waals surface area contributed by atoms with Crippen LogP contribution in [0.15, 0.2) is 23.4 Å². The molecule has 0 heterocycles. The summed E-state index contributed by atoms with van der Waals surface area (Å²) < 4.78 is 42.4. The van der Waals surface area contributed by atoms with E-state index in [0.29, 0.717) is 6.08 Å². The zero-order chi connectivity index (χ0) is 10.5. The topological polar surface area (TPSA) is 97.7 Å². The zero-order valence-electron chi connectivity index (χ0n) is 6.29. The Hall–Kier alpha value is -0.330. The molecule has 0 bridgehead atoms. The molecule has 0 aromatic rings. The van der Waals surface area contributed by atoms with Gasteiger partial charge in [-0.3, -0.25) is 8.77 Å². The van der Waals surface area contributed by atoms with Crippen LogP contribution in [-0.4, -0.2) is 24.7 Å². The van der Waals surface area contributed by atoms with E-state index < -0.39 is 29.7 Å². The Labute approximate surface area is 76.4 Å². The lowest BCUT2D eigenvalue weighted by atomic mass is 10.5. The molecule has 0 aromatic carbocycles. The largest absolute Gasteiger partial charge is 0.768 e. The van der Waals surface area contributed by atoms with Gasteiger partial charge in [0, 0.05) is 4.91 Å². The van der Waals surface area contributed by atoms with Gasteiger partial charge in [-0.25, -0.2) is 4.39 Å². The Morgan fingerprint density at radius 2 is 2.15 bits per heavy atom. The summed E-state index contributed by atoms with van der Waals surface area (Å²) in [4.78, 5) is 16.2. The lowest BCUT2D eigenvalue weighted by Crippen LogP contribution is -1.92. The van der Waals surface area contributed by atoms with Crippen LogP contribution in [0, 0.1) is 0 Å². The highest BCUT2D eigenvalue weighted by molar-refractivity contribution is 7.83. The van der Waals surface area contributed by atoms with E-state index in [1.165, 1.54) is 0 Å². The molecule has 8 heteroatoms. The summed E-state index contributed by atoms with van der Waals surface area (Å²) in [6.07, 6.45) is 0.584. The highest BCUT2D eigenvalue weighted by atomic mass is 32.2. The second-order valence-electron chi connectivity index (χ2n) is 1.98. The fraction of sp³-hybridized carbons (Fsp3) is 0.200. The van der Waals surface area contributed by atoms with Gasteiger partial charge < -0.3 is 14.3 Å². The van der Waals surface area contributed by atoms with Crippen molar-refractivity contribution in [2.24, 2.45) is 0 Å². The molecule has 0 radical (unpaired) electrons. The average Bonchev–Trinajstić information content (AvgIpc) is 1.95. The van der Waals surface area contributed by atoms with Gasteiger partial charge >= 0.3 is 7.60 Å². The summed E-state index contributed by atoms with van der Waals surface area (Å²) in [6.45, 7) is 0. The smallest absolute Gasteiger partial charge is 0.329 e. The number of halogens is 1. The van der Waals surface area contributed by atoms with Crippen LogP contribution in [0.3, 0.4) is 0 Å². The van der Waals surface area contributed by atoms with E-state index in [0.717, 1.165) is 6.08 Å². The molecule has 0 aliphatic carbocycles. The Bertz CT molecular complexity index is 293. The minimum atomic E-state index is -4.29. The van der Waals surface area contributed by atoms with Crippen molar-refractivity contribution in [3.8, 4) is 0 Å². The van der Waals surface area contributed by atoms with Gasteiger partial charge in [-0.2, -0.15) is 0 Å². The average molecular weight is 229 g/mol. The standard InChI is InChI=1S/C5H8FO5PS/c6-3-1-5(13(10)11)2-4-12(7,8)9/h1-3H,4H2,(H,10,11)(H2,7,8,9)/p-1. The fourth-order valence-corrected chi connectivity index (χ4v) is 1.40. The molecule has 1 atom stereocenters. The Kier molecular flexibility index (Phi) is 5.27. The van der Waals surface area contributed by atoms with Gasteiger partial charge in [0.25, 0.3) is 0 Å². The van der Waals surface area contributed by atoms with E-state index in [9.17, 15) is 17.7 Å². The van der Waals surface area contributed by atoms with E-state index in [2.05, 4.69) is 0 Å². The maximum atomic E-state index is 11.5. The van der Waals surface area contributed by atoms with Crippen molar-refractivity contribution in [1.29, 1.82) is 0 Å². The van der Waals surface area contributed by atoms with E-state index in [4.69, 9.17) is 9.79 Å². The predicted octanol–water partition coefficient (Wildman–Crippen LogP) is 0.410. The Morgan fingerprint density at radius 1 is 1.62 bits per heavy atom. The highest BCUT2D eigenvalue weighted by Crippen LogP contribution is 2.34. The van der Waals surface area contributed by atoms with Gasteiger partial charge in [0.1, 0.15) is 0 Å². The summed E-state index contributed by atoms with van der Waals surface area (Å²) in [6, 6.07) is 0. The van der Waals surface area contributed by atoms with Crippen molar-refractivity contribution >= 4 is 18.7 Å². The lowest BCUT2D eigenvalue weighted by Gasteiger charge is -2.05. The zero-order valence-corrected chi connectivity index (χ0v) is 8.00. The van der Waals surface area contributed by atoms with Crippen LogP contribution in [0.4, 0.5) is 4.39 Å². The van der Waals surface area contributed by atoms with Crippen LogP contribution in [0.5, 0.6) is 0 Å². The maximum absolute atomic E-state index is 11.5. The van der Waals surface area contributed by atoms with Crippen LogP contribution in [0.2, 0.25) is 0 Å². The normalized spacial score (nSPS) is 16.5. The van der Waals surface area contributed by atoms with Crippen LogP contribution < -0.4 is 0 Å². The summed E-state index contributed by atoms with van der Waals surface area (Å²) in [7, 11) is -4.29. The first-order chi connectivity index (χ1) is 5.87. The second kappa shape index (κ2) is 5.41. The molecule has 0 rings (SSSR count). The van der Waals surface area contributed by atoms with Crippen molar-refractivity contribution in [3.63, 3.8) is 0 Å². The van der Waals surface area contributed by atoms with Gasteiger partial charge in [-0.15, -0.1) is 0 Å². The van der Waals surface area contributed by atoms with Crippen LogP contribution in [0.25, 0.3) is 0 Å². The SMILES string of the molecule is O=S([O-])C(C=CF)=CCP(=O)(O)O. The van der Waals surface area contributed by atoms with E-state index in [1.807, 2.05) is 0 Å². The van der Waals surface area contributed by atoms with Gasteiger partial charge in [-0.05, 0) is 17.2 Å². The van der Waals surface area contributed by atoms with E-state index in [1.54, 1.807) is 0 Å². The molecule has 0 fully saturated rings. The van der Waals surface area contributed by atoms with E-state index in [-0.39, 0.29) is 6.33 Å². The third-order valence-electron chi connectivity index (χ3n) is 0.950. The molecule has 2 N–H and O–H groups in total. The lowest BCUT2D eigenvalue weighted by molar-refractivity contribution is 0.377. The van der Waals surface area contributed by atoms with Gasteiger partial charge in [0.2, 0.25) is 0 Å². The number of rotatable bonds is 4. The number of hydrogen-bond donors (Lipinski definition) is 2. The minimum Gasteiger partial charge on any atom is -0.768 e. The molecule has 0 aliphatic heterocycles. The number of allylic oxidation sites excluding steroid dienone is 2. The number of hydrogen-bond acceptors (Lipinski definition) is 3. The summed E-state index contributed by atoms with van der Waals surface area (Å²) in [5, 5.41) is 0. The quantitative estimate of drug-likeness (QED) is 0.413. The molecule has 0 spiro atoms. The molecule has 13 heavy (non-hydrogen) atoms. The Balaban J connectivity index is 4.56. The van der Waals surface area contributed by atoms with Crippen molar-refractivity contribution < 1.29 is 27.5 Å². The third kappa shape index (κ3) is 6.80. The third-order valence-corrected chi connectivity index (χ3v) is 2.30. The monoisotopic (exact) mass is 229 g/mol. The summed E-state index contributed by atoms with van der Waals surface area (Å²) in [5.41, 5.74) is 0. The molecule has 0 amide bonds. The summed E-state index contributed by atoms with van der Waals surface area (Å²) in [5.74, 6) is 0. The molecule has 0 aliphatic rings. The van der Waals surface area contributed by atoms with Gasteiger partial charge in [0.15, 0.2) is 0 Å². The molecule has 1 unspecified atom stereocenters. The van der Waals surface area contributed by atoms with Crippen LogP contribution in [-0.2, 0) is 15.6 Å². The molecule has 0 aromatic heterocycles.